The second-order valence-corrected chi connectivity index (χ2v) is 7.40. The van der Waals surface area contributed by atoms with Gasteiger partial charge in [0.2, 0.25) is 0 Å². The van der Waals surface area contributed by atoms with E-state index in [4.69, 9.17) is 5.10 Å². The van der Waals surface area contributed by atoms with Crippen molar-refractivity contribution in [2.24, 2.45) is 0 Å². The first-order chi connectivity index (χ1) is 11.8. The van der Waals surface area contributed by atoms with Gasteiger partial charge in [-0.2, -0.15) is 5.10 Å². The van der Waals surface area contributed by atoms with Crippen molar-refractivity contribution < 1.29 is 8.87 Å². The summed E-state index contributed by atoms with van der Waals surface area (Å²) in [7, 11) is 8.45. The van der Waals surface area contributed by atoms with E-state index in [0.29, 0.717) is 0 Å². The lowest BCUT2D eigenvalue weighted by Crippen LogP contribution is -2.34. The third kappa shape index (κ3) is 4.24. The summed E-state index contributed by atoms with van der Waals surface area (Å²) in [5.74, 6) is -0.229. The lowest BCUT2D eigenvalue weighted by Gasteiger charge is -2.26. The Kier molecular flexibility index (Phi) is 4.88. The number of nitrogens with zero attached hydrogens (tertiary/aromatic N) is 4. The molecule has 132 valence electrons. The topological polar surface area (TPSA) is 21.1 Å². The summed E-state index contributed by atoms with van der Waals surface area (Å²) in [4.78, 5) is 2.14. The smallest absolute Gasteiger partial charge is 0.123 e. The van der Waals surface area contributed by atoms with Crippen LogP contribution < -0.4 is 0 Å². The summed E-state index contributed by atoms with van der Waals surface area (Å²) in [6.45, 7) is 2.68. The van der Waals surface area contributed by atoms with E-state index in [-0.39, 0.29) is 5.82 Å². The third-order valence-electron chi connectivity index (χ3n) is 4.41. The number of halogens is 1. The van der Waals surface area contributed by atoms with E-state index >= 15 is 0 Å². The summed E-state index contributed by atoms with van der Waals surface area (Å²) in [5, 5.41) is 4.78. The number of hydrogen-bond donors (Lipinski definition) is 0. The van der Waals surface area contributed by atoms with Crippen LogP contribution in [0.4, 0.5) is 4.39 Å². The molecule has 4 nitrogen and oxygen atoms in total. The maximum atomic E-state index is 13.3. The van der Waals surface area contributed by atoms with Gasteiger partial charge in [0.15, 0.2) is 0 Å². The SMILES string of the molecule is CN(C)CCn1cc(C2=CC[N+](C)(C)C=C2)c(-c2ccc(F)cc2)n1. The van der Waals surface area contributed by atoms with Gasteiger partial charge in [-0.05, 0) is 56.1 Å². The molecule has 0 N–H and O–H groups in total. The molecule has 0 aliphatic carbocycles. The van der Waals surface area contributed by atoms with Crippen LogP contribution in [0.3, 0.4) is 0 Å². The van der Waals surface area contributed by atoms with Crippen LogP contribution in [-0.2, 0) is 6.54 Å². The van der Waals surface area contributed by atoms with Gasteiger partial charge in [0, 0.05) is 23.9 Å². The normalized spacial score (nSPS) is 16.3. The molecule has 0 saturated carbocycles. The van der Waals surface area contributed by atoms with Gasteiger partial charge in [0.25, 0.3) is 0 Å². The molecule has 0 radical (unpaired) electrons. The van der Waals surface area contributed by atoms with E-state index in [1.807, 2.05) is 4.68 Å². The van der Waals surface area contributed by atoms with Crippen molar-refractivity contribution >= 4 is 5.57 Å². The molecule has 0 bridgehead atoms. The van der Waals surface area contributed by atoms with Crippen molar-refractivity contribution in [3.8, 4) is 11.3 Å². The molecule has 1 aliphatic rings. The van der Waals surface area contributed by atoms with Crippen molar-refractivity contribution in [1.29, 1.82) is 0 Å². The molecule has 0 fully saturated rings. The molecule has 3 rings (SSSR count). The zero-order valence-corrected chi connectivity index (χ0v) is 15.4. The van der Waals surface area contributed by atoms with Gasteiger partial charge >= 0.3 is 0 Å². The van der Waals surface area contributed by atoms with Crippen molar-refractivity contribution in [2.45, 2.75) is 6.54 Å². The number of aromatic nitrogens is 2. The Balaban J connectivity index is 1.99. The average Bonchev–Trinajstić information content (AvgIpc) is 2.98. The summed E-state index contributed by atoms with van der Waals surface area (Å²) in [6, 6.07) is 6.57. The van der Waals surface area contributed by atoms with Crippen LogP contribution in [-0.4, -0.2) is 60.4 Å². The van der Waals surface area contributed by atoms with Crippen LogP contribution in [0, 0.1) is 5.82 Å². The zero-order valence-electron chi connectivity index (χ0n) is 15.4. The first-order valence-electron chi connectivity index (χ1n) is 8.55. The number of allylic oxidation sites excluding steroid dienone is 2. The monoisotopic (exact) mass is 341 g/mol. The maximum absolute atomic E-state index is 13.3. The van der Waals surface area contributed by atoms with Gasteiger partial charge in [-0.1, -0.05) is 0 Å². The second-order valence-electron chi connectivity index (χ2n) is 7.40. The number of likely N-dealkylation sites (N-methyl/N-ethyl adjacent to an activating group) is 2. The molecule has 25 heavy (non-hydrogen) atoms. The van der Waals surface area contributed by atoms with Crippen LogP contribution in [0.2, 0.25) is 0 Å². The Morgan fingerprint density at radius 2 is 1.92 bits per heavy atom. The summed E-state index contributed by atoms with van der Waals surface area (Å²) >= 11 is 0. The van der Waals surface area contributed by atoms with Crippen LogP contribution in [0.5, 0.6) is 0 Å². The molecule has 1 aromatic heterocycles. The summed E-state index contributed by atoms with van der Waals surface area (Å²) in [6.07, 6.45) is 8.70. The summed E-state index contributed by atoms with van der Waals surface area (Å²) in [5.41, 5.74) is 4.12. The van der Waals surface area contributed by atoms with Gasteiger partial charge in [0.05, 0.1) is 26.8 Å². The summed E-state index contributed by atoms with van der Waals surface area (Å²) < 4.78 is 16.1. The second kappa shape index (κ2) is 6.94. The Labute approximate surface area is 149 Å². The van der Waals surface area contributed by atoms with Crippen molar-refractivity contribution in [1.82, 2.24) is 14.7 Å². The van der Waals surface area contributed by atoms with Crippen molar-refractivity contribution in [2.75, 3.05) is 41.3 Å². The quantitative estimate of drug-likeness (QED) is 0.779. The molecule has 0 atom stereocenters. The molecule has 0 amide bonds. The molecule has 1 aromatic carbocycles. The highest BCUT2D eigenvalue weighted by atomic mass is 19.1. The standard InChI is InChI=1S/C20H26FN4/c1-23(2)11-12-24-15-19(16-9-13-25(3,4)14-10-16)20(22-24)17-5-7-18(21)8-6-17/h5-10,13,15H,11-12,14H2,1-4H3/q+1. The number of benzene rings is 1. The highest BCUT2D eigenvalue weighted by Crippen LogP contribution is 2.30. The Bertz CT molecular complexity index is 798. The minimum Gasteiger partial charge on any atom is -0.308 e. The van der Waals surface area contributed by atoms with E-state index in [9.17, 15) is 4.39 Å². The van der Waals surface area contributed by atoms with E-state index < -0.39 is 0 Å². The fraction of sp³-hybridized carbons (Fsp3) is 0.350. The Hall–Kier alpha value is -2.24. The molecule has 0 unspecified atom stereocenters. The molecule has 0 spiro atoms. The molecule has 5 heteroatoms. The number of hydrogen-bond acceptors (Lipinski definition) is 2. The zero-order chi connectivity index (χ0) is 18.0. The number of rotatable bonds is 5. The molecule has 2 aromatic rings. The first kappa shape index (κ1) is 17.6. The van der Waals surface area contributed by atoms with Crippen LogP contribution in [0.1, 0.15) is 5.56 Å². The molecule has 2 heterocycles. The molecular formula is C20H26FN4+. The predicted octanol–water partition coefficient (Wildman–Crippen LogP) is 3.24. The fourth-order valence-corrected chi connectivity index (χ4v) is 2.81. The molecular weight excluding hydrogens is 315 g/mol. The Morgan fingerprint density at radius 3 is 2.52 bits per heavy atom. The minimum atomic E-state index is -0.229. The van der Waals surface area contributed by atoms with Gasteiger partial charge in [-0.25, -0.2) is 4.39 Å². The first-order valence-corrected chi connectivity index (χ1v) is 8.55. The van der Waals surface area contributed by atoms with E-state index in [0.717, 1.165) is 40.9 Å². The van der Waals surface area contributed by atoms with Crippen molar-refractivity contribution in [3.63, 3.8) is 0 Å². The number of quaternary nitrogens is 1. The third-order valence-corrected chi connectivity index (χ3v) is 4.41. The predicted molar refractivity (Wildman–Crippen MR) is 100 cm³/mol. The molecule has 0 saturated heterocycles. The van der Waals surface area contributed by atoms with Gasteiger partial charge < -0.3 is 4.90 Å². The maximum Gasteiger partial charge on any atom is 0.123 e. The van der Waals surface area contributed by atoms with Crippen LogP contribution in [0.15, 0.2) is 48.8 Å². The lowest BCUT2D eigenvalue weighted by molar-refractivity contribution is -0.833. The fourth-order valence-electron chi connectivity index (χ4n) is 2.81. The lowest BCUT2D eigenvalue weighted by atomic mass is 10.00. The van der Waals surface area contributed by atoms with Gasteiger partial charge in [-0.3, -0.25) is 9.16 Å². The molecule has 1 aliphatic heterocycles. The van der Waals surface area contributed by atoms with Gasteiger partial charge in [-0.15, -0.1) is 0 Å². The Morgan fingerprint density at radius 1 is 1.20 bits per heavy atom. The highest BCUT2D eigenvalue weighted by molar-refractivity contribution is 5.83. The van der Waals surface area contributed by atoms with Crippen molar-refractivity contribution in [3.05, 3.63) is 60.2 Å². The van der Waals surface area contributed by atoms with E-state index in [1.165, 1.54) is 17.7 Å². The van der Waals surface area contributed by atoms with Crippen LogP contribution in [0.25, 0.3) is 16.8 Å². The minimum absolute atomic E-state index is 0.229. The van der Waals surface area contributed by atoms with Crippen LogP contribution >= 0.6 is 0 Å². The van der Waals surface area contributed by atoms with E-state index in [1.54, 1.807) is 12.1 Å². The largest absolute Gasteiger partial charge is 0.308 e. The average molecular weight is 341 g/mol. The van der Waals surface area contributed by atoms with Gasteiger partial charge in [0.1, 0.15) is 18.1 Å². The highest BCUT2D eigenvalue weighted by Gasteiger charge is 2.20. The van der Waals surface area contributed by atoms with E-state index in [2.05, 4.69) is 57.6 Å².